The first-order valence-electron chi connectivity index (χ1n) is 6.41. The molecule has 2 N–H and O–H groups in total. The Balaban J connectivity index is 1.97. The van der Waals surface area contributed by atoms with Crippen molar-refractivity contribution in [2.75, 3.05) is 5.32 Å². The van der Waals surface area contributed by atoms with Crippen LogP contribution < -0.4 is 5.32 Å². The van der Waals surface area contributed by atoms with Crippen LogP contribution in [0.5, 0.6) is 0 Å². The van der Waals surface area contributed by atoms with Crippen molar-refractivity contribution in [3.05, 3.63) is 46.0 Å². The molecule has 102 valence electrons. The molecule has 2 aromatic rings. The van der Waals surface area contributed by atoms with Crippen LogP contribution in [0.25, 0.3) is 0 Å². The Morgan fingerprint density at radius 2 is 2.16 bits per heavy atom. The molecule has 0 aliphatic rings. The lowest BCUT2D eigenvalue weighted by molar-refractivity contribution is 0.760. The number of aryl methyl sites for hydroxylation is 1. The van der Waals surface area contributed by atoms with Crippen molar-refractivity contribution in [2.45, 2.75) is 32.7 Å². The van der Waals surface area contributed by atoms with E-state index in [2.05, 4.69) is 22.2 Å². The van der Waals surface area contributed by atoms with Crippen molar-refractivity contribution < 1.29 is 0 Å². The molecule has 0 aliphatic heterocycles. The zero-order valence-corrected chi connectivity index (χ0v) is 12.4. The van der Waals surface area contributed by atoms with Gasteiger partial charge in [-0.2, -0.15) is 0 Å². The van der Waals surface area contributed by atoms with Crippen LogP contribution in [0.3, 0.4) is 0 Å². The van der Waals surface area contributed by atoms with Gasteiger partial charge in [0.1, 0.15) is 5.82 Å². The average Bonchev–Trinajstić information content (AvgIpc) is 2.75. The number of aromatic nitrogens is 2. The minimum absolute atomic E-state index is 0.542. The number of hydrogen-bond acceptors (Lipinski definition) is 2. The normalized spacial score (nSPS) is 10.7. The summed E-state index contributed by atoms with van der Waals surface area (Å²) in [5.74, 6) is 0.953. The van der Waals surface area contributed by atoms with Crippen molar-refractivity contribution in [3.63, 3.8) is 0 Å². The smallest absolute Gasteiger partial charge is 0.152 e. The maximum Gasteiger partial charge on any atom is 0.152 e. The molecule has 19 heavy (non-hydrogen) atoms. The van der Waals surface area contributed by atoms with Crippen molar-refractivity contribution >= 4 is 28.9 Å². The highest BCUT2D eigenvalue weighted by Gasteiger charge is 2.07. The molecule has 5 heteroatoms. The van der Waals surface area contributed by atoms with Crippen LogP contribution in [0.15, 0.2) is 24.3 Å². The third-order valence-electron chi connectivity index (χ3n) is 2.84. The monoisotopic (exact) mass is 297 g/mol. The topological polar surface area (TPSA) is 40.7 Å². The van der Waals surface area contributed by atoms with E-state index in [0.717, 1.165) is 36.5 Å². The number of imidazole rings is 1. The second-order valence-electron chi connectivity index (χ2n) is 4.42. The minimum Gasteiger partial charge on any atom is -0.379 e. The molecule has 0 saturated carbocycles. The van der Waals surface area contributed by atoms with Gasteiger partial charge in [-0.05, 0) is 24.6 Å². The Kier molecular flexibility index (Phi) is 5.11. The molecule has 0 radical (unpaired) electrons. The van der Waals surface area contributed by atoms with Gasteiger partial charge in [0, 0.05) is 17.1 Å². The quantitative estimate of drug-likeness (QED) is 0.813. The Morgan fingerprint density at radius 3 is 2.89 bits per heavy atom. The summed E-state index contributed by atoms with van der Waals surface area (Å²) in [5, 5.41) is 4.53. The first-order valence-corrected chi connectivity index (χ1v) is 7.17. The zero-order chi connectivity index (χ0) is 13.7. The number of unbranched alkanes of at least 4 members (excludes halogenated alkanes) is 1. The van der Waals surface area contributed by atoms with Gasteiger partial charge < -0.3 is 10.3 Å². The number of hydrogen-bond donors (Lipinski definition) is 2. The molecule has 2 rings (SSSR count). The molecule has 1 aromatic carbocycles. The molecule has 0 fully saturated rings. The molecule has 1 heterocycles. The highest BCUT2D eigenvalue weighted by atomic mass is 35.5. The summed E-state index contributed by atoms with van der Waals surface area (Å²) in [6.07, 6.45) is 3.20. The standard InChI is InChI=1S/C14H17Cl2N3/c1-2-3-7-13-18-12(14(16)19-13)9-17-11-6-4-5-10(15)8-11/h4-6,8,17H,2-3,7,9H2,1H3,(H,18,19). The summed E-state index contributed by atoms with van der Waals surface area (Å²) in [5.41, 5.74) is 1.88. The van der Waals surface area contributed by atoms with Crippen LogP contribution in [-0.4, -0.2) is 9.97 Å². The van der Waals surface area contributed by atoms with Crippen LogP contribution in [-0.2, 0) is 13.0 Å². The Bertz CT molecular complexity index is 537. The van der Waals surface area contributed by atoms with Crippen LogP contribution in [0.4, 0.5) is 5.69 Å². The van der Waals surface area contributed by atoms with E-state index in [1.807, 2.05) is 24.3 Å². The fraction of sp³-hybridized carbons (Fsp3) is 0.357. The van der Waals surface area contributed by atoms with E-state index in [4.69, 9.17) is 23.2 Å². The van der Waals surface area contributed by atoms with Gasteiger partial charge in [0.25, 0.3) is 0 Å². The van der Waals surface area contributed by atoms with Crippen LogP contribution in [0.2, 0.25) is 10.2 Å². The van der Waals surface area contributed by atoms with Crippen molar-refractivity contribution in [3.8, 4) is 0 Å². The van der Waals surface area contributed by atoms with Gasteiger partial charge in [0.2, 0.25) is 0 Å². The first-order chi connectivity index (χ1) is 9.19. The molecule has 0 atom stereocenters. The molecule has 3 nitrogen and oxygen atoms in total. The van der Waals surface area contributed by atoms with Crippen LogP contribution >= 0.6 is 23.2 Å². The van der Waals surface area contributed by atoms with E-state index >= 15 is 0 Å². The number of aromatic amines is 1. The van der Waals surface area contributed by atoms with Crippen molar-refractivity contribution in [2.24, 2.45) is 0 Å². The van der Waals surface area contributed by atoms with E-state index in [9.17, 15) is 0 Å². The van der Waals surface area contributed by atoms with E-state index in [1.165, 1.54) is 0 Å². The summed E-state index contributed by atoms with van der Waals surface area (Å²) in [4.78, 5) is 7.58. The molecular formula is C14H17Cl2N3. The summed E-state index contributed by atoms with van der Waals surface area (Å²) in [6, 6.07) is 7.60. The van der Waals surface area contributed by atoms with E-state index in [1.54, 1.807) is 0 Å². The largest absolute Gasteiger partial charge is 0.379 e. The van der Waals surface area contributed by atoms with Crippen molar-refractivity contribution in [1.29, 1.82) is 0 Å². The highest BCUT2D eigenvalue weighted by Crippen LogP contribution is 2.18. The lowest BCUT2D eigenvalue weighted by atomic mass is 10.2. The van der Waals surface area contributed by atoms with Gasteiger partial charge in [0.05, 0.1) is 12.2 Å². The highest BCUT2D eigenvalue weighted by molar-refractivity contribution is 6.31. The predicted octanol–water partition coefficient (Wildman–Crippen LogP) is 4.67. The van der Waals surface area contributed by atoms with E-state index < -0.39 is 0 Å². The van der Waals surface area contributed by atoms with Gasteiger partial charge in [-0.25, -0.2) is 4.98 Å². The molecule has 1 aromatic heterocycles. The summed E-state index contributed by atoms with van der Waals surface area (Å²) >= 11 is 12.0. The Morgan fingerprint density at radius 1 is 1.32 bits per heavy atom. The molecule has 0 unspecified atom stereocenters. The zero-order valence-electron chi connectivity index (χ0n) is 10.8. The second kappa shape index (κ2) is 6.83. The molecule has 0 amide bonds. The maximum absolute atomic E-state index is 6.11. The average molecular weight is 298 g/mol. The molecule has 0 saturated heterocycles. The lowest BCUT2D eigenvalue weighted by Gasteiger charge is -2.05. The van der Waals surface area contributed by atoms with Crippen LogP contribution in [0.1, 0.15) is 31.3 Å². The number of rotatable bonds is 6. The van der Waals surface area contributed by atoms with E-state index in [-0.39, 0.29) is 0 Å². The fourth-order valence-electron chi connectivity index (χ4n) is 1.81. The van der Waals surface area contributed by atoms with Gasteiger partial charge in [-0.15, -0.1) is 0 Å². The number of halogens is 2. The maximum atomic E-state index is 6.11. The Hall–Kier alpha value is -1.19. The number of nitrogens with one attached hydrogen (secondary N) is 2. The van der Waals surface area contributed by atoms with Gasteiger partial charge >= 0.3 is 0 Å². The number of H-pyrrole nitrogens is 1. The van der Waals surface area contributed by atoms with Gasteiger partial charge in [-0.3, -0.25) is 0 Å². The van der Waals surface area contributed by atoms with Gasteiger partial charge in [0.15, 0.2) is 5.15 Å². The predicted molar refractivity (Wildman–Crippen MR) is 81.0 cm³/mol. The molecule has 0 bridgehead atoms. The first kappa shape index (κ1) is 14.2. The number of anilines is 1. The molecule has 0 spiro atoms. The van der Waals surface area contributed by atoms with Crippen molar-refractivity contribution in [1.82, 2.24) is 9.97 Å². The molecular weight excluding hydrogens is 281 g/mol. The SMILES string of the molecule is CCCCc1nc(Cl)c(CNc2cccc(Cl)c2)[nH]1. The molecule has 0 aliphatic carbocycles. The summed E-state index contributed by atoms with van der Waals surface area (Å²) in [6.45, 7) is 2.77. The van der Waals surface area contributed by atoms with Gasteiger partial charge in [-0.1, -0.05) is 42.6 Å². The summed E-state index contributed by atoms with van der Waals surface area (Å²) in [7, 11) is 0. The number of benzene rings is 1. The summed E-state index contributed by atoms with van der Waals surface area (Å²) < 4.78 is 0. The third-order valence-corrected chi connectivity index (χ3v) is 3.39. The number of nitrogens with zero attached hydrogens (tertiary/aromatic N) is 1. The minimum atomic E-state index is 0.542. The second-order valence-corrected chi connectivity index (χ2v) is 5.21. The fourth-order valence-corrected chi connectivity index (χ4v) is 2.21. The van der Waals surface area contributed by atoms with E-state index in [0.29, 0.717) is 16.7 Å². The Labute approximate surface area is 123 Å². The third kappa shape index (κ3) is 4.15. The van der Waals surface area contributed by atoms with Crippen LogP contribution in [0, 0.1) is 0 Å². The lowest BCUT2D eigenvalue weighted by Crippen LogP contribution is -2.00.